The van der Waals surface area contributed by atoms with Gasteiger partial charge in [-0.15, -0.1) is 11.3 Å². The quantitative estimate of drug-likeness (QED) is 0.838. The summed E-state index contributed by atoms with van der Waals surface area (Å²) in [7, 11) is 0. The SMILES string of the molecule is Cc1nc2sccn2c1CNCCC1CCCC1. The van der Waals surface area contributed by atoms with Crippen LogP contribution < -0.4 is 5.32 Å². The highest BCUT2D eigenvalue weighted by atomic mass is 32.1. The number of fused-ring (bicyclic) bond motifs is 1. The summed E-state index contributed by atoms with van der Waals surface area (Å²) in [4.78, 5) is 5.68. The van der Waals surface area contributed by atoms with Crippen molar-refractivity contribution in [3.8, 4) is 0 Å². The van der Waals surface area contributed by atoms with E-state index in [0.717, 1.165) is 29.7 Å². The van der Waals surface area contributed by atoms with Gasteiger partial charge in [-0.2, -0.15) is 0 Å². The molecule has 0 radical (unpaired) electrons. The fourth-order valence-corrected chi connectivity index (χ4v) is 3.74. The highest BCUT2D eigenvalue weighted by molar-refractivity contribution is 7.15. The van der Waals surface area contributed by atoms with Gasteiger partial charge in [0, 0.05) is 18.1 Å². The van der Waals surface area contributed by atoms with Crippen LogP contribution in [0.1, 0.15) is 43.5 Å². The second kappa shape index (κ2) is 5.41. The molecule has 0 aromatic carbocycles. The van der Waals surface area contributed by atoms with E-state index >= 15 is 0 Å². The number of rotatable bonds is 5. The van der Waals surface area contributed by atoms with Gasteiger partial charge in [0.2, 0.25) is 0 Å². The lowest BCUT2D eigenvalue weighted by Gasteiger charge is -2.09. The predicted octanol–water partition coefficient (Wildman–Crippen LogP) is 3.37. The summed E-state index contributed by atoms with van der Waals surface area (Å²) in [6, 6.07) is 0. The van der Waals surface area contributed by atoms with Crippen LogP contribution in [0, 0.1) is 12.8 Å². The van der Waals surface area contributed by atoms with Crippen LogP contribution in [0.4, 0.5) is 0 Å². The number of nitrogens with one attached hydrogen (secondary N) is 1. The summed E-state index contributed by atoms with van der Waals surface area (Å²) in [6.07, 6.45) is 9.24. The molecule has 1 aliphatic carbocycles. The monoisotopic (exact) mass is 263 g/mol. The lowest BCUT2D eigenvalue weighted by molar-refractivity contribution is 0.475. The number of thiazole rings is 1. The first-order valence-corrected chi connectivity index (χ1v) is 7.84. The molecule has 1 fully saturated rings. The Kier molecular flexibility index (Phi) is 3.66. The molecule has 0 bridgehead atoms. The summed E-state index contributed by atoms with van der Waals surface area (Å²) in [6.45, 7) is 4.19. The maximum atomic E-state index is 4.57. The van der Waals surface area contributed by atoms with Crippen molar-refractivity contribution in [3.63, 3.8) is 0 Å². The Labute approximate surface area is 112 Å². The van der Waals surface area contributed by atoms with Crippen molar-refractivity contribution in [2.45, 2.75) is 45.6 Å². The van der Waals surface area contributed by atoms with Crippen LogP contribution in [0.25, 0.3) is 4.96 Å². The van der Waals surface area contributed by atoms with Crippen LogP contribution in [0.3, 0.4) is 0 Å². The Bertz CT molecular complexity index is 508. The predicted molar refractivity (Wildman–Crippen MR) is 76.1 cm³/mol. The van der Waals surface area contributed by atoms with Crippen LogP contribution in [-0.2, 0) is 6.54 Å². The van der Waals surface area contributed by atoms with Crippen molar-refractivity contribution < 1.29 is 0 Å². The molecule has 18 heavy (non-hydrogen) atoms. The van der Waals surface area contributed by atoms with Crippen LogP contribution in [-0.4, -0.2) is 15.9 Å². The molecule has 2 aromatic rings. The molecule has 2 aromatic heterocycles. The van der Waals surface area contributed by atoms with Gasteiger partial charge in [0.15, 0.2) is 4.96 Å². The van der Waals surface area contributed by atoms with E-state index in [0.29, 0.717) is 0 Å². The third-order valence-corrected chi connectivity index (χ3v) is 4.81. The number of hydrogen-bond donors (Lipinski definition) is 1. The second-order valence-corrected chi connectivity index (χ2v) is 6.19. The van der Waals surface area contributed by atoms with E-state index in [1.165, 1.54) is 37.8 Å². The zero-order valence-corrected chi connectivity index (χ0v) is 11.8. The van der Waals surface area contributed by atoms with E-state index in [4.69, 9.17) is 0 Å². The molecule has 1 N–H and O–H groups in total. The summed E-state index contributed by atoms with van der Waals surface area (Å²) in [5.41, 5.74) is 2.48. The highest BCUT2D eigenvalue weighted by Crippen LogP contribution is 2.27. The van der Waals surface area contributed by atoms with Gasteiger partial charge < -0.3 is 5.32 Å². The van der Waals surface area contributed by atoms with Crippen molar-refractivity contribution in [1.29, 1.82) is 0 Å². The minimum atomic E-state index is 0.941. The molecule has 4 heteroatoms. The zero-order chi connectivity index (χ0) is 12.4. The number of imidazole rings is 1. The van der Waals surface area contributed by atoms with E-state index in [9.17, 15) is 0 Å². The fraction of sp³-hybridized carbons (Fsp3) is 0.643. The third kappa shape index (κ3) is 2.45. The van der Waals surface area contributed by atoms with Gasteiger partial charge in [-0.3, -0.25) is 4.40 Å². The van der Waals surface area contributed by atoms with Gasteiger partial charge in [-0.05, 0) is 25.8 Å². The molecule has 1 saturated carbocycles. The number of aromatic nitrogens is 2. The third-order valence-electron chi connectivity index (χ3n) is 4.06. The molecule has 0 saturated heterocycles. The molecule has 0 aliphatic heterocycles. The average Bonchev–Trinajstić information content (AvgIpc) is 3.03. The van der Waals surface area contributed by atoms with Gasteiger partial charge in [0.1, 0.15) is 0 Å². The first kappa shape index (κ1) is 12.2. The van der Waals surface area contributed by atoms with Crippen LogP contribution >= 0.6 is 11.3 Å². The molecular weight excluding hydrogens is 242 g/mol. The molecule has 98 valence electrons. The number of aryl methyl sites for hydroxylation is 1. The lowest BCUT2D eigenvalue weighted by atomic mass is 10.0. The number of nitrogens with zero attached hydrogens (tertiary/aromatic N) is 2. The minimum absolute atomic E-state index is 0.941. The Hall–Kier alpha value is -0.870. The lowest BCUT2D eigenvalue weighted by Crippen LogP contribution is -2.18. The minimum Gasteiger partial charge on any atom is -0.311 e. The molecule has 3 nitrogen and oxygen atoms in total. The fourth-order valence-electron chi connectivity index (χ4n) is 2.97. The van der Waals surface area contributed by atoms with E-state index < -0.39 is 0 Å². The molecule has 3 rings (SSSR count). The molecule has 0 spiro atoms. The zero-order valence-electron chi connectivity index (χ0n) is 11.0. The Morgan fingerprint density at radius 1 is 1.44 bits per heavy atom. The van der Waals surface area contributed by atoms with Gasteiger partial charge >= 0.3 is 0 Å². The summed E-state index contributed by atoms with van der Waals surface area (Å²) in [5, 5.41) is 5.68. The summed E-state index contributed by atoms with van der Waals surface area (Å²) in [5.74, 6) is 0.977. The van der Waals surface area contributed by atoms with E-state index in [2.05, 4.69) is 33.2 Å². The van der Waals surface area contributed by atoms with E-state index in [-0.39, 0.29) is 0 Å². The van der Waals surface area contributed by atoms with Crippen LogP contribution in [0.2, 0.25) is 0 Å². The van der Waals surface area contributed by atoms with Gasteiger partial charge in [-0.1, -0.05) is 25.7 Å². The van der Waals surface area contributed by atoms with E-state index in [1.807, 2.05) is 0 Å². The smallest absolute Gasteiger partial charge is 0.194 e. The summed E-state index contributed by atoms with van der Waals surface area (Å²) >= 11 is 1.71. The van der Waals surface area contributed by atoms with Crippen molar-refractivity contribution >= 4 is 16.3 Å². The molecule has 0 unspecified atom stereocenters. The average molecular weight is 263 g/mol. The highest BCUT2D eigenvalue weighted by Gasteiger charge is 2.14. The van der Waals surface area contributed by atoms with Gasteiger partial charge in [0.25, 0.3) is 0 Å². The van der Waals surface area contributed by atoms with Crippen molar-refractivity contribution in [2.75, 3.05) is 6.54 Å². The standard InChI is InChI=1S/C14H21N3S/c1-11-13(17-8-9-18-14(17)16-11)10-15-7-6-12-4-2-3-5-12/h8-9,12,15H,2-7,10H2,1H3. The van der Waals surface area contributed by atoms with Crippen molar-refractivity contribution in [3.05, 3.63) is 23.0 Å². The Morgan fingerprint density at radius 2 is 2.28 bits per heavy atom. The van der Waals surface area contributed by atoms with Crippen molar-refractivity contribution in [2.24, 2.45) is 5.92 Å². The summed E-state index contributed by atoms with van der Waals surface area (Å²) < 4.78 is 2.21. The molecular formula is C14H21N3S. The molecule has 0 atom stereocenters. The molecule has 0 amide bonds. The maximum absolute atomic E-state index is 4.57. The van der Waals surface area contributed by atoms with Crippen LogP contribution in [0.15, 0.2) is 11.6 Å². The first-order valence-electron chi connectivity index (χ1n) is 6.96. The Balaban J connectivity index is 1.52. The Morgan fingerprint density at radius 3 is 3.11 bits per heavy atom. The topological polar surface area (TPSA) is 29.3 Å². The van der Waals surface area contributed by atoms with E-state index in [1.54, 1.807) is 11.3 Å². The number of hydrogen-bond acceptors (Lipinski definition) is 3. The van der Waals surface area contributed by atoms with Crippen LogP contribution in [0.5, 0.6) is 0 Å². The van der Waals surface area contributed by atoms with Crippen molar-refractivity contribution in [1.82, 2.24) is 14.7 Å². The normalized spacial score (nSPS) is 16.9. The van der Waals surface area contributed by atoms with Gasteiger partial charge in [-0.25, -0.2) is 4.98 Å². The first-order chi connectivity index (χ1) is 8.84. The maximum Gasteiger partial charge on any atom is 0.194 e. The largest absolute Gasteiger partial charge is 0.311 e. The molecule has 1 aliphatic rings. The molecule has 2 heterocycles. The second-order valence-electron chi connectivity index (χ2n) is 5.32. The van der Waals surface area contributed by atoms with Gasteiger partial charge in [0.05, 0.1) is 11.4 Å².